The molecule has 1 aliphatic heterocycles. The molecule has 0 saturated heterocycles. The number of H-pyrrole nitrogens is 1. The summed E-state index contributed by atoms with van der Waals surface area (Å²) >= 11 is 5.95. The Morgan fingerprint density at radius 3 is 2.65 bits per heavy atom. The standard InChI is InChI=1S/C22H17ClN2O5S/c1-12-18(22(27)28)10-24-20(12)9-17-16-8-15(5-6-19(16)25-21(17)26)31(29,30)11-13-3-2-4-14(23)7-13/h2-10,24H,11H2,1H3,(H,25,26)(H,27,28)/b17-9-. The van der Waals surface area contributed by atoms with Crippen molar-refractivity contribution in [1.29, 1.82) is 0 Å². The minimum atomic E-state index is -3.69. The van der Waals surface area contributed by atoms with Crippen molar-refractivity contribution < 1.29 is 23.1 Å². The van der Waals surface area contributed by atoms with E-state index in [0.717, 1.165) is 0 Å². The van der Waals surface area contributed by atoms with Crippen molar-refractivity contribution >= 4 is 50.7 Å². The van der Waals surface area contributed by atoms with E-state index in [2.05, 4.69) is 10.3 Å². The fraction of sp³-hybridized carbons (Fsp3) is 0.0909. The molecule has 0 bridgehead atoms. The van der Waals surface area contributed by atoms with Crippen molar-refractivity contribution in [2.75, 3.05) is 5.32 Å². The number of carboxylic acid groups (broad SMARTS) is 1. The Kier molecular flexibility index (Phi) is 5.20. The van der Waals surface area contributed by atoms with Gasteiger partial charge in [-0.3, -0.25) is 4.79 Å². The number of aromatic carboxylic acids is 1. The number of halogens is 1. The Labute approximate surface area is 183 Å². The van der Waals surface area contributed by atoms with Crippen LogP contribution in [0.2, 0.25) is 5.02 Å². The Hall–Kier alpha value is -3.36. The van der Waals surface area contributed by atoms with E-state index in [4.69, 9.17) is 11.6 Å². The van der Waals surface area contributed by atoms with Crippen molar-refractivity contribution in [1.82, 2.24) is 4.98 Å². The molecule has 0 radical (unpaired) electrons. The van der Waals surface area contributed by atoms with Gasteiger partial charge in [-0.2, -0.15) is 0 Å². The van der Waals surface area contributed by atoms with E-state index in [1.54, 1.807) is 37.3 Å². The van der Waals surface area contributed by atoms with E-state index in [1.807, 2.05) is 0 Å². The third-order valence-corrected chi connectivity index (χ3v) is 7.00. The molecule has 1 aromatic heterocycles. The van der Waals surface area contributed by atoms with Crippen LogP contribution in [0, 0.1) is 6.92 Å². The molecule has 3 N–H and O–H groups in total. The van der Waals surface area contributed by atoms with Gasteiger partial charge in [-0.05, 0) is 54.5 Å². The van der Waals surface area contributed by atoms with E-state index >= 15 is 0 Å². The first-order valence-electron chi connectivity index (χ1n) is 9.21. The summed E-state index contributed by atoms with van der Waals surface area (Å²) in [5, 5.41) is 12.4. The van der Waals surface area contributed by atoms with Crippen LogP contribution in [0.5, 0.6) is 0 Å². The number of sulfone groups is 1. The number of aromatic amines is 1. The normalized spacial score (nSPS) is 14.5. The summed E-state index contributed by atoms with van der Waals surface area (Å²) in [5.74, 6) is -1.71. The van der Waals surface area contributed by atoms with E-state index < -0.39 is 21.7 Å². The van der Waals surface area contributed by atoms with Crippen molar-refractivity contribution in [3.63, 3.8) is 0 Å². The molecule has 0 fully saturated rings. The SMILES string of the molecule is Cc1c(C(=O)O)c[nH]c1/C=C1\C(=O)Nc2ccc(S(=O)(=O)Cc3cccc(Cl)c3)cc21. The number of benzene rings is 2. The second kappa shape index (κ2) is 7.72. The highest BCUT2D eigenvalue weighted by Crippen LogP contribution is 2.36. The average Bonchev–Trinajstić information content (AvgIpc) is 3.21. The molecule has 0 aliphatic carbocycles. The van der Waals surface area contributed by atoms with Gasteiger partial charge >= 0.3 is 5.97 Å². The zero-order chi connectivity index (χ0) is 22.3. The van der Waals surface area contributed by atoms with Crippen LogP contribution in [-0.2, 0) is 20.4 Å². The van der Waals surface area contributed by atoms with Crippen LogP contribution in [0.25, 0.3) is 11.6 Å². The largest absolute Gasteiger partial charge is 0.478 e. The Morgan fingerprint density at radius 1 is 1.19 bits per heavy atom. The summed E-state index contributed by atoms with van der Waals surface area (Å²) in [5.41, 5.74) is 2.76. The van der Waals surface area contributed by atoms with Crippen LogP contribution in [0.3, 0.4) is 0 Å². The van der Waals surface area contributed by atoms with Crippen LogP contribution in [0.15, 0.2) is 53.6 Å². The predicted octanol–water partition coefficient (Wildman–Crippen LogP) is 4.14. The summed E-state index contributed by atoms with van der Waals surface area (Å²) in [4.78, 5) is 26.7. The minimum absolute atomic E-state index is 0.0723. The summed E-state index contributed by atoms with van der Waals surface area (Å²) in [6.45, 7) is 1.63. The number of anilines is 1. The zero-order valence-corrected chi connectivity index (χ0v) is 17.8. The zero-order valence-electron chi connectivity index (χ0n) is 16.3. The van der Waals surface area contributed by atoms with Crippen LogP contribution < -0.4 is 5.32 Å². The highest BCUT2D eigenvalue weighted by atomic mass is 35.5. The molecular formula is C22H17ClN2O5S. The van der Waals surface area contributed by atoms with Crippen LogP contribution >= 0.6 is 11.6 Å². The molecular weight excluding hydrogens is 440 g/mol. The third-order valence-electron chi connectivity index (χ3n) is 5.08. The number of fused-ring (bicyclic) bond motifs is 1. The maximum absolute atomic E-state index is 13.0. The smallest absolute Gasteiger partial charge is 0.337 e. The molecule has 1 amide bonds. The maximum atomic E-state index is 13.0. The molecule has 3 aromatic rings. The number of rotatable bonds is 5. The Bertz CT molecular complexity index is 1370. The van der Waals surface area contributed by atoms with Gasteiger partial charge in [0.25, 0.3) is 5.91 Å². The molecule has 0 saturated carbocycles. The number of hydrogen-bond acceptors (Lipinski definition) is 4. The molecule has 2 heterocycles. The van der Waals surface area contributed by atoms with Crippen molar-refractivity contribution in [2.24, 2.45) is 0 Å². The lowest BCUT2D eigenvalue weighted by Gasteiger charge is -2.07. The van der Waals surface area contributed by atoms with Gasteiger partial charge in [0.05, 0.1) is 21.8 Å². The maximum Gasteiger partial charge on any atom is 0.337 e. The van der Waals surface area contributed by atoms with Gasteiger partial charge in [-0.25, -0.2) is 13.2 Å². The fourth-order valence-corrected chi connectivity index (χ4v) is 5.03. The van der Waals surface area contributed by atoms with Gasteiger partial charge in [0.15, 0.2) is 9.84 Å². The van der Waals surface area contributed by atoms with Crippen LogP contribution in [-0.4, -0.2) is 30.4 Å². The number of carboxylic acids is 1. The van der Waals surface area contributed by atoms with E-state index in [9.17, 15) is 23.1 Å². The number of aromatic nitrogens is 1. The van der Waals surface area contributed by atoms with Gasteiger partial charge < -0.3 is 15.4 Å². The molecule has 0 atom stereocenters. The van der Waals surface area contributed by atoms with E-state index in [0.29, 0.717) is 33.1 Å². The van der Waals surface area contributed by atoms with Gasteiger partial charge in [0.1, 0.15) is 0 Å². The van der Waals surface area contributed by atoms with Gasteiger partial charge in [0, 0.05) is 28.2 Å². The van der Waals surface area contributed by atoms with Gasteiger partial charge in [-0.1, -0.05) is 23.7 Å². The number of carbonyl (C=O) groups excluding carboxylic acids is 1. The summed E-state index contributed by atoms with van der Waals surface area (Å²) in [6, 6.07) is 11.1. The first kappa shape index (κ1) is 20.9. The first-order chi connectivity index (χ1) is 14.7. The fourth-order valence-electron chi connectivity index (χ4n) is 3.46. The molecule has 2 aromatic carbocycles. The van der Waals surface area contributed by atoms with Crippen molar-refractivity contribution in [3.8, 4) is 0 Å². The van der Waals surface area contributed by atoms with Crippen molar-refractivity contribution in [2.45, 2.75) is 17.6 Å². The van der Waals surface area contributed by atoms with E-state index in [-0.39, 0.29) is 21.8 Å². The highest BCUT2D eigenvalue weighted by molar-refractivity contribution is 7.90. The molecule has 9 heteroatoms. The lowest BCUT2D eigenvalue weighted by Crippen LogP contribution is -2.05. The summed E-state index contributed by atoms with van der Waals surface area (Å²) < 4.78 is 25.9. The predicted molar refractivity (Wildman–Crippen MR) is 118 cm³/mol. The highest BCUT2D eigenvalue weighted by Gasteiger charge is 2.27. The third kappa shape index (κ3) is 3.99. The minimum Gasteiger partial charge on any atom is -0.478 e. The van der Waals surface area contributed by atoms with Crippen LogP contribution in [0.1, 0.15) is 32.7 Å². The summed E-state index contributed by atoms with van der Waals surface area (Å²) in [6.07, 6.45) is 2.88. The quantitative estimate of drug-likeness (QED) is 0.499. The number of amides is 1. The average molecular weight is 457 g/mol. The van der Waals surface area contributed by atoms with E-state index in [1.165, 1.54) is 24.4 Å². The molecule has 31 heavy (non-hydrogen) atoms. The monoisotopic (exact) mass is 456 g/mol. The molecule has 0 unspecified atom stereocenters. The topological polar surface area (TPSA) is 116 Å². The number of carbonyl (C=O) groups is 2. The van der Waals surface area contributed by atoms with Gasteiger partial charge in [-0.15, -0.1) is 0 Å². The lowest BCUT2D eigenvalue weighted by atomic mass is 10.0. The Morgan fingerprint density at radius 2 is 1.97 bits per heavy atom. The van der Waals surface area contributed by atoms with Crippen LogP contribution in [0.4, 0.5) is 5.69 Å². The Balaban J connectivity index is 1.73. The molecule has 158 valence electrons. The number of nitrogens with one attached hydrogen (secondary N) is 2. The second-order valence-electron chi connectivity index (χ2n) is 7.15. The molecule has 7 nitrogen and oxygen atoms in total. The molecule has 4 rings (SSSR count). The van der Waals surface area contributed by atoms with Gasteiger partial charge in [0.2, 0.25) is 0 Å². The summed E-state index contributed by atoms with van der Waals surface area (Å²) in [7, 11) is -3.69. The van der Waals surface area contributed by atoms with Crippen molar-refractivity contribution in [3.05, 3.63) is 81.6 Å². The number of hydrogen-bond donors (Lipinski definition) is 3. The lowest BCUT2D eigenvalue weighted by molar-refractivity contribution is -0.110. The second-order valence-corrected chi connectivity index (χ2v) is 9.58. The molecule has 1 aliphatic rings. The molecule has 0 spiro atoms. The first-order valence-corrected chi connectivity index (χ1v) is 11.2.